The van der Waals surface area contributed by atoms with Crippen LogP contribution in [0.15, 0.2) is 30.3 Å². The van der Waals surface area contributed by atoms with Gasteiger partial charge in [0.05, 0.1) is 0 Å². The molecule has 3 nitrogen and oxygen atoms in total. The second kappa shape index (κ2) is 7.45. The van der Waals surface area contributed by atoms with Crippen molar-refractivity contribution in [1.82, 2.24) is 0 Å². The van der Waals surface area contributed by atoms with Crippen LogP contribution >= 0.6 is 0 Å². The van der Waals surface area contributed by atoms with Crippen LogP contribution in [0.4, 0.5) is 0 Å². The molecule has 0 radical (unpaired) electrons. The maximum absolute atomic E-state index is 6.21. The second-order valence-electron chi connectivity index (χ2n) is 5.40. The molecular weight excluding hydrogens is 353 g/mol. The van der Waals surface area contributed by atoms with Gasteiger partial charge in [-0.3, -0.25) is 0 Å². The normalized spacial score (nSPS) is 20.1. The summed E-state index contributed by atoms with van der Waals surface area (Å²) >= 11 is -0.448. The molecule has 0 amide bonds. The first-order valence-corrected chi connectivity index (χ1v) is 9.30. The number of alkyl halides is 1. The number of hydrogen-bond donors (Lipinski definition) is 1. The van der Waals surface area contributed by atoms with E-state index in [4.69, 9.17) is 13.5 Å². The van der Waals surface area contributed by atoms with Crippen molar-refractivity contribution in [1.29, 1.82) is 0 Å². The molecule has 0 aliphatic heterocycles. The van der Waals surface area contributed by atoms with Gasteiger partial charge in [-0.15, -0.1) is 0 Å². The van der Waals surface area contributed by atoms with Crippen LogP contribution < -0.4 is 32.1 Å². The van der Waals surface area contributed by atoms with Crippen LogP contribution in [0.1, 0.15) is 39.0 Å². The average Bonchev–Trinajstić information content (AvgIpc) is 2.45. The summed E-state index contributed by atoms with van der Waals surface area (Å²) in [4.78, 5) is 0. The predicted molar refractivity (Wildman–Crippen MR) is 72.2 cm³/mol. The number of nitrogens with two attached hydrogens (primary N) is 1. The number of rotatable bonds is 6. The topological polar surface area (TPSA) is 44.5 Å². The van der Waals surface area contributed by atoms with Crippen LogP contribution in [-0.4, -0.2) is 10.8 Å². The summed E-state index contributed by atoms with van der Waals surface area (Å²) in [5.41, 5.74) is 6.38. The van der Waals surface area contributed by atoms with Gasteiger partial charge in [0.15, 0.2) is 0 Å². The summed E-state index contributed by atoms with van der Waals surface area (Å²) in [5, 5.41) is 0. The van der Waals surface area contributed by atoms with E-state index in [1.54, 1.807) is 0 Å². The molecule has 1 aliphatic carbocycles. The molecular formula is C15H23INO2-. The Balaban J connectivity index is 1.67. The fourth-order valence-corrected chi connectivity index (χ4v) is 4.08. The molecule has 1 aromatic rings. The van der Waals surface area contributed by atoms with Crippen LogP contribution in [0.5, 0.6) is 5.75 Å². The molecule has 1 unspecified atom stereocenters. The van der Waals surface area contributed by atoms with Crippen LogP contribution in [0.2, 0.25) is 0 Å². The van der Waals surface area contributed by atoms with Gasteiger partial charge in [0.1, 0.15) is 0 Å². The van der Waals surface area contributed by atoms with Gasteiger partial charge < -0.3 is 0 Å². The molecule has 4 heteroatoms. The molecule has 0 saturated heterocycles. The van der Waals surface area contributed by atoms with Crippen molar-refractivity contribution in [2.24, 2.45) is 11.1 Å². The summed E-state index contributed by atoms with van der Waals surface area (Å²) in [6.07, 6.45) is 6.17. The van der Waals surface area contributed by atoms with Gasteiger partial charge in [-0.25, -0.2) is 0 Å². The zero-order chi connectivity index (χ0) is 13.6. The van der Waals surface area contributed by atoms with Gasteiger partial charge in [-0.2, -0.15) is 0 Å². The molecule has 1 fully saturated rings. The van der Waals surface area contributed by atoms with Crippen LogP contribution in [0.25, 0.3) is 0 Å². The Morgan fingerprint density at radius 3 is 2.58 bits per heavy atom. The third kappa shape index (κ3) is 4.61. The van der Waals surface area contributed by atoms with E-state index in [2.05, 4.69) is 6.92 Å². The molecule has 0 heterocycles. The number of halogens is 1. The van der Waals surface area contributed by atoms with Gasteiger partial charge in [-0.05, 0) is 0 Å². The number of ether oxygens (including phenoxy) is 1. The zero-order valence-corrected chi connectivity index (χ0v) is 13.6. The van der Waals surface area contributed by atoms with E-state index in [1.165, 1.54) is 32.1 Å². The molecule has 1 saturated carbocycles. The number of hydrogen-bond acceptors (Lipinski definition) is 3. The Labute approximate surface area is 126 Å². The van der Waals surface area contributed by atoms with Crippen LogP contribution in [-0.2, 0) is 3.07 Å². The summed E-state index contributed by atoms with van der Waals surface area (Å²) in [7, 11) is 0. The molecule has 0 spiro atoms. The average molecular weight is 376 g/mol. The summed E-state index contributed by atoms with van der Waals surface area (Å²) in [5.74, 6) is 0.906. The van der Waals surface area contributed by atoms with Gasteiger partial charge in [0.2, 0.25) is 0 Å². The van der Waals surface area contributed by atoms with Crippen molar-refractivity contribution in [2.45, 2.75) is 45.3 Å². The van der Waals surface area contributed by atoms with Gasteiger partial charge >= 0.3 is 127 Å². The Kier molecular flexibility index (Phi) is 5.91. The first-order chi connectivity index (χ1) is 9.21. The Morgan fingerprint density at radius 1 is 1.21 bits per heavy atom. The molecule has 0 bridgehead atoms. The molecule has 0 aromatic heterocycles. The third-order valence-corrected chi connectivity index (χ3v) is 5.32. The standard InChI is InChI=1S/C15H23INO2/c1-15(10-6-3-7-11-15)14(17)19-16-12-18-13-8-4-2-5-9-13/h2,4-5,8-9,14H,3,6-7,10-12,17H2,1H3/q-1. The molecule has 19 heavy (non-hydrogen) atoms. The van der Waals surface area contributed by atoms with Crippen molar-refractivity contribution in [3.63, 3.8) is 0 Å². The zero-order valence-electron chi connectivity index (χ0n) is 11.5. The molecule has 108 valence electrons. The molecule has 2 N–H and O–H groups in total. The van der Waals surface area contributed by atoms with E-state index in [-0.39, 0.29) is 11.6 Å². The first kappa shape index (κ1) is 15.1. The van der Waals surface area contributed by atoms with Crippen molar-refractivity contribution in [2.75, 3.05) is 4.61 Å². The Bertz CT molecular complexity index is 366. The Morgan fingerprint density at radius 2 is 1.89 bits per heavy atom. The van der Waals surface area contributed by atoms with E-state index in [1.807, 2.05) is 30.3 Å². The fraction of sp³-hybridized carbons (Fsp3) is 0.600. The molecule has 1 aliphatic rings. The van der Waals surface area contributed by atoms with Crippen LogP contribution in [0.3, 0.4) is 0 Å². The van der Waals surface area contributed by atoms with Crippen molar-refractivity contribution >= 4 is 0 Å². The summed E-state index contributed by atoms with van der Waals surface area (Å²) < 4.78 is 12.2. The number of para-hydroxylation sites is 1. The van der Waals surface area contributed by atoms with E-state index in [9.17, 15) is 0 Å². The number of benzene rings is 1. The van der Waals surface area contributed by atoms with E-state index in [0.29, 0.717) is 4.61 Å². The molecule has 1 aromatic carbocycles. The fourth-order valence-electron chi connectivity index (χ4n) is 2.45. The van der Waals surface area contributed by atoms with Crippen molar-refractivity contribution in [3.05, 3.63) is 30.3 Å². The predicted octanol–water partition coefficient (Wildman–Crippen LogP) is 0.299. The van der Waals surface area contributed by atoms with Gasteiger partial charge in [-0.1, -0.05) is 0 Å². The van der Waals surface area contributed by atoms with E-state index >= 15 is 0 Å². The van der Waals surface area contributed by atoms with Gasteiger partial charge in [0.25, 0.3) is 0 Å². The maximum atomic E-state index is 6.21. The van der Waals surface area contributed by atoms with E-state index in [0.717, 1.165) is 5.75 Å². The first-order valence-electron chi connectivity index (χ1n) is 6.89. The van der Waals surface area contributed by atoms with Crippen molar-refractivity contribution < 1.29 is 29.4 Å². The van der Waals surface area contributed by atoms with Crippen LogP contribution in [0, 0.1) is 5.41 Å². The third-order valence-electron chi connectivity index (χ3n) is 3.85. The molecule has 1 atom stereocenters. The minimum absolute atomic E-state index is 0.125. The Hall–Kier alpha value is -0.330. The van der Waals surface area contributed by atoms with Gasteiger partial charge in [0, 0.05) is 0 Å². The second-order valence-corrected chi connectivity index (χ2v) is 7.15. The minimum atomic E-state index is -0.448. The monoisotopic (exact) mass is 376 g/mol. The van der Waals surface area contributed by atoms with Crippen molar-refractivity contribution in [3.8, 4) is 5.75 Å². The summed E-state index contributed by atoms with van der Waals surface area (Å²) in [6.45, 7) is 2.26. The van der Waals surface area contributed by atoms with E-state index < -0.39 is 21.6 Å². The SMILES string of the molecule is CC1(C(N)O[I-]COc2ccccc2)CCCCC1. The summed E-state index contributed by atoms with van der Waals surface area (Å²) in [6, 6.07) is 9.86. The molecule has 2 rings (SSSR count). The quantitative estimate of drug-likeness (QED) is 0.336.